The fourth-order valence-electron chi connectivity index (χ4n) is 0.785. The van der Waals surface area contributed by atoms with Crippen LogP contribution in [-0.2, 0) is 9.73 Å². The number of benzene rings is 1. The quantitative estimate of drug-likeness (QED) is 0.724. The summed E-state index contributed by atoms with van der Waals surface area (Å²) in [6, 6.07) is 3.29. The molecule has 0 aliphatic heterocycles. The molecule has 0 heterocycles. The van der Waals surface area contributed by atoms with Crippen LogP contribution in [-0.4, -0.2) is 10.5 Å². The monoisotopic (exact) mass is 191 g/mol. The van der Waals surface area contributed by atoms with Crippen molar-refractivity contribution in [1.82, 2.24) is 0 Å². The van der Waals surface area contributed by atoms with E-state index in [2.05, 4.69) is 0 Å². The van der Waals surface area contributed by atoms with E-state index < -0.39 is 21.4 Å². The number of hydrogen-bond donors (Lipinski definition) is 1. The van der Waals surface area contributed by atoms with Crippen LogP contribution in [0.15, 0.2) is 23.1 Å². The van der Waals surface area contributed by atoms with Gasteiger partial charge in [-0.15, -0.1) is 0 Å². The summed E-state index contributed by atoms with van der Waals surface area (Å²) >= 11 is 0. The molecule has 12 heavy (non-hydrogen) atoms. The van der Waals surface area contributed by atoms with Crippen molar-refractivity contribution >= 4 is 9.73 Å². The molecule has 0 radical (unpaired) electrons. The van der Waals surface area contributed by atoms with Crippen LogP contribution < -0.4 is 0 Å². The average molecular weight is 191 g/mol. The first-order valence-electron chi connectivity index (χ1n) is 3.11. The standard InChI is InChI=1S/C7H7F2NOS/c1-12(10,11)6-4-2-3-5(8)7(6)9/h2-4,10H,1H3. The number of hydrogen-bond acceptors (Lipinski definition) is 2. The fourth-order valence-corrected chi connectivity index (χ4v) is 1.56. The van der Waals surface area contributed by atoms with Gasteiger partial charge < -0.3 is 0 Å². The van der Waals surface area contributed by atoms with E-state index in [1.54, 1.807) is 0 Å². The van der Waals surface area contributed by atoms with Crippen molar-refractivity contribution in [2.24, 2.45) is 0 Å². The van der Waals surface area contributed by atoms with E-state index in [-0.39, 0.29) is 4.90 Å². The molecule has 5 heteroatoms. The van der Waals surface area contributed by atoms with Gasteiger partial charge in [-0.3, -0.25) is 0 Å². The summed E-state index contributed by atoms with van der Waals surface area (Å²) in [4.78, 5) is -0.387. The second kappa shape index (κ2) is 2.82. The third kappa shape index (κ3) is 1.61. The van der Waals surface area contributed by atoms with Gasteiger partial charge in [-0.1, -0.05) is 6.07 Å². The summed E-state index contributed by atoms with van der Waals surface area (Å²) in [6.45, 7) is 0. The molecule has 1 N–H and O–H groups in total. The third-order valence-electron chi connectivity index (χ3n) is 1.34. The maximum atomic E-state index is 12.8. The summed E-state index contributed by atoms with van der Waals surface area (Å²) in [7, 11) is -3.17. The van der Waals surface area contributed by atoms with Crippen molar-refractivity contribution in [3.63, 3.8) is 0 Å². The van der Waals surface area contributed by atoms with Gasteiger partial charge in [0, 0.05) is 6.26 Å². The van der Waals surface area contributed by atoms with Gasteiger partial charge in [0.15, 0.2) is 11.6 Å². The fraction of sp³-hybridized carbons (Fsp3) is 0.143. The lowest BCUT2D eigenvalue weighted by Crippen LogP contribution is -2.00. The molecule has 0 saturated heterocycles. The molecule has 0 aliphatic rings. The zero-order valence-electron chi connectivity index (χ0n) is 6.30. The van der Waals surface area contributed by atoms with Gasteiger partial charge in [0.1, 0.15) is 0 Å². The average Bonchev–Trinajstić information content (AvgIpc) is 1.92. The van der Waals surface area contributed by atoms with Crippen molar-refractivity contribution in [1.29, 1.82) is 4.78 Å². The smallest absolute Gasteiger partial charge is 0.175 e. The maximum Gasteiger partial charge on any atom is 0.175 e. The molecule has 66 valence electrons. The minimum absolute atomic E-state index is 0.387. The lowest BCUT2D eigenvalue weighted by Gasteiger charge is -2.02. The second-order valence-corrected chi connectivity index (χ2v) is 4.52. The molecule has 0 aromatic heterocycles. The van der Waals surface area contributed by atoms with E-state index in [0.717, 1.165) is 18.4 Å². The molecule has 1 aromatic rings. The third-order valence-corrected chi connectivity index (χ3v) is 2.49. The highest BCUT2D eigenvalue weighted by atomic mass is 32.2. The van der Waals surface area contributed by atoms with Crippen LogP contribution in [0.1, 0.15) is 0 Å². The van der Waals surface area contributed by atoms with Gasteiger partial charge in [-0.05, 0) is 12.1 Å². The molecule has 0 saturated carbocycles. The van der Waals surface area contributed by atoms with Crippen molar-refractivity contribution in [2.45, 2.75) is 4.90 Å². The van der Waals surface area contributed by atoms with Gasteiger partial charge in [-0.25, -0.2) is 17.8 Å². The first-order chi connectivity index (χ1) is 5.43. The Labute approximate surface area is 69.2 Å². The van der Waals surface area contributed by atoms with E-state index in [1.165, 1.54) is 6.07 Å². The van der Waals surface area contributed by atoms with Crippen LogP contribution in [0.25, 0.3) is 0 Å². The van der Waals surface area contributed by atoms with E-state index in [1.807, 2.05) is 0 Å². The molecule has 1 rings (SSSR count). The first kappa shape index (κ1) is 9.12. The van der Waals surface area contributed by atoms with Crippen LogP contribution in [0.3, 0.4) is 0 Å². The number of halogens is 2. The molecule has 0 amide bonds. The molecule has 1 aromatic carbocycles. The minimum Gasteiger partial charge on any atom is -0.249 e. The van der Waals surface area contributed by atoms with Gasteiger partial charge in [0.25, 0.3) is 0 Å². The van der Waals surface area contributed by atoms with Crippen LogP contribution in [0.2, 0.25) is 0 Å². The molecule has 1 atom stereocenters. The van der Waals surface area contributed by atoms with Crippen molar-refractivity contribution < 1.29 is 13.0 Å². The Bertz CT molecular complexity index is 400. The zero-order chi connectivity index (χ0) is 9.35. The summed E-state index contributed by atoms with van der Waals surface area (Å²) in [5, 5.41) is 0. The first-order valence-corrected chi connectivity index (χ1v) is 5.07. The van der Waals surface area contributed by atoms with E-state index in [0.29, 0.717) is 0 Å². The SMILES string of the molecule is CS(=N)(=O)c1cccc(F)c1F. The lowest BCUT2D eigenvalue weighted by molar-refractivity contribution is 0.489. The van der Waals surface area contributed by atoms with Gasteiger partial charge >= 0.3 is 0 Å². The highest BCUT2D eigenvalue weighted by Gasteiger charge is 2.13. The summed E-state index contributed by atoms with van der Waals surface area (Å²) in [5.41, 5.74) is 0. The zero-order valence-corrected chi connectivity index (χ0v) is 7.12. The van der Waals surface area contributed by atoms with Crippen LogP contribution in [0.4, 0.5) is 8.78 Å². The van der Waals surface area contributed by atoms with Crippen LogP contribution in [0.5, 0.6) is 0 Å². The number of rotatable bonds is 1. The minimum atomic E-state index is -3.17. The van der Waals surface area contributed by atoms with Crippen molar-refractivity contribution in [3.05, 3.63) is 29.8 Å². The normalized spacial score (nSPS) is 15.6. The van der Waals surface area contributed by atoms with Crippen molar-refractivity contribution in [3.8, 4) is 0 Å². The Balaban J connectivity index is 3.47. The van der Waals surface area contributed by atoms with Gasteiger partial charge in [0.05, 0.1) is 14.6 Å². The Morgan fingerprint density at radius 1 is 1.42 bits per heavy atom. The molecular weight excluding hydrogens is 184 g/mol. The van der Waals surface area contributed by atoms with Crippen molar-refractivity contribution in [2.75, 3.05) is 6.26 Å². The summed E-state index contributed by atoms with van der Waals surface area (Å²) < 4.78 is 43.4. The predicted octanol–water partition coefficient (Wildman–Crippen LogP) is 2.00. The lowest BCUT2D eigenvalue weighted by atomic mass is 10.3. The Hall–Kier alpha value is -0.970. The van der Waals surface area contributed by atoms with E-state index in [9.17, 15) is 13.0 Å². The van der Waals surface area contributed by atoms with Gasteiger partial charge in [0.2, 0.25) is 0 Å². The highest BCUT2D eigenvalue weighted by Crippen LogP contribution is 2.16. The Morgan fingerprint density at radius 2 is 2.00 bits per heavy atom. The molecule has 2 nitrogen and oxygen atoms in total. The maximum absolute atomic E-state index is 12.8. The van der Waals surface area contributed by atoms with E-state index >= 15 is 0 Å². The summed E-state index contributed by atoms with van der Waals surface area (Å²) in [6.07, 6.45) is 1.05. The van der Waals surface area contributed by atoms with Crippen LogP contribution >= 0.6 is 0 Å². The Morgan fingerprint density at radius 3 is 2.42 bits per heavy atom. The molecular formula is C7H7F2NOS. The number of nitrogens with one attached hydrogen (secondary N) is 1. The van der Waals surface area contributed by atoms with E-state index in [4.69, 9.17) is 4.78 Å². The molecule has 0 spiro atoms. The molecule has 1 unspecified atom stereocenters. The topological polar surface area (TPSA) is 40.9 Å². The Kier molecular flexibility index (Phi) is 2.14. The molecule has 0 bridgehead atoms. The summed E-state index contributed by atoms with van der Waals surface area (Å²) in [5.74, 6) is -2.27. The van der Waals surface area contributed by atoms with Crippen LogP contribution in [0, 0.1) is 16.4 Å². The second-order valence-electron chi connectivity index (χ2n) is 2.40. The van der Waals surface area contributed by atoms with Gasteiger partial charge in [-0.2, -0.15) is 0 Å². The molecule has 0 fully saturated rings. The predicted molar refractivity (Wildman–Crippen MR) is 41.4 cm³/mol. The molecule has 0 aliphatic carbocycles. The largest absolute Gasteiger partial charge is 0.249 e. The highest BCUT2D eigenvalue weighted by molar-refractivity contribution is 7.91.